The van der Waals surface area contributed by atoms with Crippen LogP contribution in [-0.2, 0) is 9.59 Å². The SMILES string of the molecule is CC(=O)CCC[C@@H](N)C(=O)O. The number of aliphatic carboxylic acids is 1. The predicted molar refractivity (Wildman–Crippen MR) is 40.1 cm³/mol. The summed E-state index contributed by atoms with van der Waals surface area (Å²) in [6, 6.07) is -0.825. The van der Waals surface area contributed by atoms with Gasteiger partial charge in [0.05, 0.1) is 0 Å². The molecule has 64 valence electrons. The molecule has 0 aromatic rings. The Morgan fingerprint density at radius 3 is 2.45 bits per heavy atom. The molecule has 0 fully saturated rings. The summed E-state index contributed by atoms with van der Waals surface area (Å²) in [4.78, 5) is 20.6. The normalized spacial score (nSPS) is 12.5. The van der Waals surface area contributed by atoms with Gasteiger partial charge in [0.25, 0.3) is 0 Å². The maximum absolute atomic E-state index is 10.4. The number of rotatable bonds is 5. The Bertz CT molecular complexity index is 156. The van der Waals surface area contributed by atoms with E-state index in [4.69, 9.17) is 10.8 Å². The highest BCUT2D eigenvalue weighted by molar-refractivity contribution is 5.76. The first-order chi connectivity index (χ1) is 5.04. The maximum atomic E-state index is 10.4. The summed E-state index contributed by atoms with van der Waals surface area (Å²) in [6.45, 7) is 1.48. The van der Waals surface area contributed by atoms with Crippen molar-refractivity contribution in [1.29, 1.82) is 0 Å². The number of carbonyl (C=O) groups excluding carboxylic acids is 1. The van der Waals surface area contributed by atoms with Gasteiger partial charge in [-0.3, -0.25) is 4.79 Å². The number of nitrogens with two attached hydrogens (primary N) is 1. The summed E-state index contributed by atoms with van der Waals surface area (Å²) in [5.74, 6) is -0.934. The molecule has 0 radical (unpaired) electrons. The van der Waals surface area contributed by atoms with E-state index in [1.54, 1.807) is 0 Å². The molecule has 0 rings (SSSR count). The van der Waals surface area contributed by atoms with Crippen LogP contribution in [0, 0.1) is 0 Å². The fourth-order valence-electron chi connectivity index (χ4n) is 0.694. The third-order valence-corrected chi connectivity index (χ3v) is 1.36. The topological polar surface area (TPSA) is 80.4 Å². The zero-order valence-corrected chi connectivity index (χ0v) is 6.54. The molecule has 4 heteroatoms. The molecule has 1 atom stereocenters. The van der Waals surface area contributed by atoms with Crippen LogP contribution in [-0.4, -0.2) is 22.9 Å². The van der Waals surface area contributed by atoms with Crippen molar-refractivity contribution in [3.05, 3.63) is 0 Å². The highest BCUT2D eigenvalue weighted by Crippen LogP contribution is 1.99. The van der Waals surface area contributed by atoms with E-state index in [0.29, 0.717) is 19.3 Å². The van der Waals surface area contributed by atoms with E-state index in [1.165, 1.54) is 6.92 Å². The van der Waals surface area contributed by atoms with E-state index in [0.717, 1.165) is 0 Å². The standard InChI is InChI=1S/C7H13NO3/c1-5(9)3-2-4-6(8)7(10)11/h6H,2-4,8H2,1H3,(H,10,11)/t6-/m1/s1. The number of carboxylic acid groups (broad SMARTS) is 1. The van der Waals surface area contributed by atoms with Crippen molar-refractivity contribution in [2.75, 3.05) is 0 Å². The van der Waals surface area contributed by atoms with E-state index in [2.05, 4.69) is 0 Å². The van der Waals surface area contributed by atoms with Gasteiger partial charge in [-0.25, -0.2) is 0 Å². The third-order valence-electron chi connectivity index (χ3n) is 1.36. The monoisotopic (exact) mass is 159 g/mol. The Morgan fingerprint density at radius 2 is 2.09 bits per heavy atom. The van der Waals surface area contributed by atoms with Crippen LogP contribution in [0.2, 0.25) is 0 Å². The number of ketones is 1. The number of hydrogen-bond acceptors (Lipinski definition) is 3. The maximum Gasteiger partial charge on any atom is 0.320 e. The highest BCUT2D eigenvalue weighted by Gasteiger charge is 2.10. The van der Waals surface area contributed by atoms with E-state index in [-0.39, 0.29) is 5.78 Å². The molecule has 0 heterocycles. The van der Waals surface area contributed by atoms with E-state index in [9.17, 15) is 9.59 Å². The highest BCUT2D eigenvalue weighted by atomic mass is 16.4. The molecule has 0 saturated carbocycles. The molecule has 0 aliphatic heterocycles. The minimum atomic E-state index is -1.01. The Labute approximate surface area is 65.4 Å². The lowest BCUT2D eigenvalue weighted by Crippen LogP contribution is -2.29. The van der Waals surface area contributed by atoms with Gasteiger partial charge < -0.3 is 15.6 Å². The van der Waals surface area contributed by atoms with Crippen molar-refractivity contribution in [2.24, 2.45) is 5.73 Å². The van der Waals surface area contributed by atoms with Gasteiger partial charge in [0.2, 0.25) is 0 Å². The Balaban J connectivity index is 3.39. The molecule has 0 spiro atoms. The zero-order valence-electron chi connectivity index (χ0n) is 6.54. The minimum absolute atomic E-state index is 0.0718. The molecule has 0 amide bonds. The van der Waals surface area contributed by atoms with E-state index < -0.39 is 12.0 Å². The van der Waals surface area contributed by atoms with Crippen molar-refractivity contribution in [2.45, 2.75) is 32.2 Å². The average molecular weight is 159 g/mol. The molecular formula is C7H13NO3. The van der Waals surface area contributed by atoms with Crippen LogP contribution in [0.4, 0.5) is 0 Å². The summed E-state index contributed by atoms with van der Waals surface area (Å²) in [6.07, 6.45) is 1.35. The van der Waals surface area contributed by atoms with Gasteiger partial charge in [0.15, 0.2) is 0 Å². The van der Waals surface area contributed by atoms with Gasteiger partial charge in [-0.2, -0.15) is 0 Å². The summed E-state index contributed by atoms with van der Waals surface area (Å²) < 4.78 is 0. The van der Waals surface area contributed by atoms with E-state index in [1.807, 2.05) is 0 Å². The van der Waals surface area contributed by atoms with Gasteiger partial charge in [0, 0.05) is 6.42 Å². The molecule has 0 aliphatic rings. The molecule has 11 heavy (non-hydrogen) atoms. The first kappa shape index (κ1) is 10.1. The molecular weight excluding hydrogens is 146 g/mol. The molecule has 0 aliphatic carbocycles. The smallest absolute Gasteiger partial charge is 0.320 e. The molecule has 0 saturated heterocycles. The van der Waals surface area contributed by atoms with Crippen LogP contribution >= 0.6 is 0 Å². The number of hydrogen-bond donors (Lipinski definition) is 2. The van der Waals surface area contributed by atoms with Gasteiger partial charge in [-0.1, -0.05) is 0 Å². The number of Topliss-reactive ketones (excluding diaryl/α,β-unsaturated/α-hetero) is 1. The quantitative estimate of drug-likeness (QED) is 0.598. The first-order valence-electron chi connectivity index (χ1n) is 3.52. The van der Waals surface area contributed by atoms with Crippen LogP contribution in [0.15, 0.2) is 0 Å². The van der Waals surface area contributed by atoms with Crippen molar-refractivity contribution in [3.63, 3.8) is 0 Å². The number of carbonyl (C=O) groups is 2. The van der Waals surface area contributed by atoms with Gasteiger partial charge >= 0.3 is 5.97 Å². The van der Waals surface area contributed by atoms with Crippen LogP contribution in [0.1, 0.15) is 26.2 Å². The Kier molecular flexibility index (Phi) is 4.45. The second-order valence-electron chi connectivity index (χ2n) is 2.54. The van der Waals surface area contributed by atoms with Gasteiger partial charge in [-0.15, -0.1) is 0 Å². The van der Waals surface area contributed by atoms with Crippen molar-refractivity contribution in [1.82, 2.24) is 0 Å². The Morgan fingerprint density at radius 1 is 1.55 bits per heavy atom. The van der Waals surface area contributed by atoms with Crippen LogP contribution in [0.3, 0.4) is 0 Å². The third kappa shape index (κ3) is 5.54. The van der Waals surface area contributed by atoms with Crippen molar-refractivity contribution in [3.8, 4) is 0 Å². The summed E-state index contributed by atoms with van der Waals surface area (Å²) in [5, 5.41) is 8.34. The summed E-state index contributed by atoms with van der Waals surface area (Å²) >= 11 is 0. The van der Waals surface area contributed by atoms with E-state index >= 15 is 0 Å². The molecule has 0 aromatic carbocycles. The summed E-state index contributed by atoms with van der Waals surface area (Å²) in [5.41, 5.74) is 5.19. The second kappa shape index (κ2) is 4.85. The lowest BCUT2D eigenvalue weighted by molar-refractivity contribution is -0.138. The first-order valence-corrected chi connectivity index (χ1v) is 3.52. The van der Waals surface area contributed by atoms with Gasteiger partial charge in [-0.05, 0) is 19.8 Å². The largest absolute Gasteiger partial charge is 0.480 e. The minimum Gasteiger partial charge on any atom is -0.480 e. The Hall–Kier alpha value is -0.900. The van der Waals surface area contributed by atoms with Gasteiger partial charge in [0.1, 0.15) is 11.8 Å². The van der Waals surface area contributed by atoms with Crippen LogP contribution < -0.4 is 5.73 Å². The zero-order chi connectivity index (χ0) is 8.85. The lowest BCUT2D eigenvalue weighted by Gasteiger charge is -2.03. The molecule has 4 nitrogen and oxygen atoms in total. The fourth-order valence-corrected chi connectivity index (χ4v) is 0.694. The van der Waals surface area contributed by atoms with Crippen LogP contribution in [0.5, 0.6) is 0 Å². The molecule has 3 N–H and O–H groups in total. The van der Waals surface area contributed by atoms with Crippen molar-refractivity contribution >= 4 is 11.8 Å². The average Bonchev–Trinajstić information content (AvgIpc) is 1.86. The molecule has 0 aromatic heterocycles. The van der Waals surface area contributed by atoms with Crippen molar-refractivity contribution < 1.29 is 14.7 Å². The van der Waals surface area contributed by atoms with Crippen LogP contribution in [0.25, 0.3) is 0 Å². The summed E-state index contributed by atoms with van der Waals surface area (Å²) in [7, 11) is 0. The number of carboxylic acids is 1. The predicted octanol–water partition coefficient (Wildman–Crippen LogP) is 0.158. The molecule has 0 bridgehead atoms. The fraction of sp³-hybridized carbons (Fsp3) is 0.714. The lowest BCUT2D eigenvalue weighted by atomic mass is 10.1. The molecule has 0 unspecified atom stereocenters. The second-order valence-corrected chi connectivity index (χ2v) is 2.54.